The van der Waals surface area contributed by atoms with Crippen molar-refractivity contribution in [3.05, 3.63) is 42.6 Å². The van der Waals surface area contributed by atoms with Crippen LogP contribution in [0.2, 0.25) is 0 Å². The molecule has 2 atom stereocenters. The summed E-state index contributed by atoms with van der Waals surface area (Å²) in [5, 5.41) is 0. The quantitative estimate of drug-likeness (QED) is 0.356. The molecule has 0 spiro atoms. The zero-order chi connectivity index (χ0) is 27.4. The summed E-state index contributed by atoms with van der Waals surface area (Å²) < 4.78 is 18.1. The molecule has 1 saturated carbocycles. The molecule has 3 rings (SSSR count). The lowest BCUT2D eigenvalue weighted by Gasteiger charge is -2.28. The van der Waals surface area contributed by atoms with Crippen molar-refractivity contribution >= 4 is 18.2 Å². The molecule has 37 heavy (non-hydrogen) atoms. The van der Waals surface area contributed by atoms with Gasteiger partial charge in [0.2, 0.25) is 0 Å². The third kappa shape index (κ3) is 7.08. The Kier molecular flexibility index (Phi) is 8.29. The van der Waals surface area contributed by atoms with Crippen LogP contribution in [0, 0.1) is 5.92 Å². The lowest BCUT2D eigenvalue weighted by Crippen LogP contribution is -2.44. The van der Waals surface area contributed by atoms with Gasteiger partial charge < -0.3 is 14.2 Å². The molecule has 2 aromatic heterocycles. The second-order valence-corrected chi connectivity index (χ2v) is 11.2. The van der Waals surface area contributed by atoms with Gasteiger partial charge in [-0.1, -0.05) is 6.07 Å². The van der Waals surface area contributed by atoms with Gasteiger partial charge in [-0.25, -0.2) is 24.5 Å². The molecule has 202 valence electrons. The number of imide groups is 1. The average molecular weight is 515 g/mol. The number of pyridine rings is 1. The number of aromatic nitrogens is 3. The van der Waals surface area contributed by atoms with Gasteiger partial charge in [0.25, 0.3) is 0 Å². The van der Waals surface area contributed by atoms with E-state index in [-0.39, 0.29) is 25.0 Å². The number of amides is 2. The number of ether oxygens (including phenoxy) is 3. The van der Waals surface area contributed by atoms with Gasteiger partial charge in [0.1, 0.15) is 28.8 Å². The largest absolute Gasteiger partial charge is 0.465 e. The van der Waals surface area contributed by atoms with Crippen molar-refractivity contribution in [2.75, 3.05) is 13.2 Å². The van der Waals surface area contributed by atoms with Crippen LogP contribution in [0.1, 0.15) is 73.4 Å². The van der Waals surface area contributed by atoms with Crippen LogP contribution in [-0.4, -0.2) is 61.9 Å². The average Bonchev–Trinajstić information content (AvgIpc) is 3.30. The maximum Gasteiger partial charge on any atom is 0.419 e. The summed E-state index contributed by atoms with van der Waals surface area (Å²) in [7, 11) is 0. The molecule has 0 bridgehead atoms. The zero-order valence-electron chi connectivity index (χ0n) is 22.8. The van der Waals surface area contributed by atoms with E-state index in [1.165, 1.54) is 0 Å². The molecule has 1 fully saturated rings. The first-order valence-corrected chi connectivity index (χ1v) is 12.6. The highest BCUT2D eigenvalue weighted by molar-refractivity contribution is 5.88. The third-order valence-electron chi connectivity index (χ3n) is 5.86. The van der Waals surface area contributed by atoms with Gasteiger partial charge in [-0.2, -0.15) is 0 Å². The summed E-state index contributed by atoms with van der Waals surface area (Å²) in [5.74, 6) is 0.336. The van der Waals surface area contributed by atoms with Gasteiger partial charge in [0, 0.05) is 18.9 Å². The molecule has 10 nitrogen and oxygen atoms in total. The number of imidazole rings is 1. The standard InChI is InChI=1S/C27H38N4O6/c1-8-35-22(32)27(20-17-30(18-29-20)21-13-9-10-14-28-21)16-19(27)12-11-15-31(23(33)36-25(2,3)4)24(34)37-26(5,6)7/h9-10,13-14,17-19H,8,11-12,15-16H2,1-7H3. The van der Waals surface area contributed by atoms with Crippen LogP contribution in [0.5, 0.6) is 0 Å². The summed E-state index contributed by atoms with van der Waals surface area (Å²) in [6.45, 7) is 12.6. The van der Waals surface area contributed by atoms with Crippen molar-refractivity contribution < 1.29 is 28.6 Å². The molecule has 0 aliphatic heterocycles. The van der Waals surface area contributed by atoms with Crippen molar-refractivity contribution in [1.29, 1.82) is 0 Å². The van der Waals surface area contributed by atoms with Crippen molar-refractivity contribution in [2.45, 2.75) is 84.3 Å². The maximum absolute atomic E-state index is 13.1. The fourth-order valence-electron chi connectivity index (χ4n) is 4.18. The van der Waals surface area contributed by atoms with Gasteiger partial charge >= 0.3 is 18.2 Å². The predicted octanol–water partition coefficient (Wildman–Crippen LogP) is 5.04. The van der Waals surface area contributed by atoms with E-state index in [0.29, 0.717) is 30.8 Å². The van der Waals surface area contributed by atoms with Gasteiger partial charge in [-0.15, -0.1) is 0 Å². The first-order chi connectivity index (χ1) is 17.3. The van der Waals surface area contributed by atoms with Crippen molar-refractivity contribution in [1.82, 2.24) is 19.4 Å². The van der Waals surface area contributed by atoms with Crippen LogP contribution in [0.25, 0.3) is 5.82 Å². The van der Waals surface area contributed by atoms with Gasteiger partial charge in [-0.05, 0) is 85.8 Å². The molecule has 0 radical (unpaired) electrons. The highest BCUT2D eigenvalue weighted by atomic mass is 16.6. The number of nitrogens with zero attached hydrogens (tertiary/aromatic N) is 4. The topological polar surface area (TPSA) is 113 Å². The smallest absolute Gasteiger partial charge is 0.419 e. The fraction of sp³-hybridized carbons (Fsp3) is 0.593. The molecule has 1 aliphatic rings. The highest BCUT2D eigenvalue weighted by Gasteiger charge is 2.63. The van der Waals surface area contributed by atoms with E-state index in [4.69, 9.17) is 14.2 Å². The molecule has 2 aromatic rings. The Morgan fingerprint density at radius 3 is 2.24 bits per heavy atom. The van der Waals surface area contributed by atoms with Crippen molar-refractivity contribution in [3.8, 4) is 5.82 Å². The predicted molar refractivity (Wildman–Crippen MR) is 136 cm³/mol. The van der Waals surface area contributed by atoms with Crippen LogP contribution in [-0.2, 0) is 24.4 Å². The number of carbonyl (C=O) groups excluding carboxylic acids is 3. The normalized spacial score (nSPS) is 19.2. The van der Waals surface area contributed by atoms with Gasteiger partial charge in [0.15, 0.2) is 0 Å². The molecular weight excluding hydrogens is 476 g/mol. The summed E-state index contributed by atoms with van der Waals surface area (Å²) in [4.78, 5) is 48.4. The monoisotopic (exact) mass is 514 g/mol. The van der Waals surface area contributed by atoms with E-state index in [1.54, 1.807) is 65.6 Å². The number of rotatable bonds is 8. The lowest BCUT2D eigenvalue weighted by molar-refractivity contribution is -0.146. The van der Waals surface area contributed by atoms with Crippen molar-refractivity contribution in [3.63, 3.8) is 0 Å². The number of hydrogen-bond acceptors (Lipinski definition) is 8. The first kappa shape index (κ1) is 28.1. The lowest BCUT2D eigenvalue weighted by atomic mass is 9.97. The Morgan fingerprint density at radius 1 is 1.05 bits per heavy atom. The molecular formula is C27H38N4O6. The molecule has 0 N–H and O–H groups in total. The zero-order valence-corrected chi connectivity index (χ0v) is 22.8. The Hall–Kier alpha value is -3.43. The van der Waals surface area contributed by atoms with Crippen molar-refractivity contribution in [2.24, 2.45) is 5.92 Å². The summed E-state index contributed by atoms with van der Waals surface area (Å²) in [5.41, 5.74) is -1.77. The molecule has 2 amide bonds. The molecule has 2 heterocycles. The minimum Gasteiger partial charge on any atom is -0.465 e. The van der Waals surface area contributed by atoms with Crippen LogP contribution in [0.15, 0.2) is 36.9 Å². The molecule has 0 aromatic carbocycles. The summed E-state index contributed by atoms with van der Waals surface area (Å²) >= 11 is 0. The molecule has 1 aliphatic carbocycles. The van der Waals surface area contributed by atoms with Crippen LogP contribution in [0.3, 0.4) is 0 Å². The first-order valence-electron chi connectivity index (χ1n) is 12.6. The summed E-state index contributed by atoms with van der Waals surface area (Å²) in [6.07, 6.45) is 5.24. The SMILES string of the molecule is CCOC(=O)C1(c2cn(-c3ccccn3)cn2)CC1CCCN(C(=O)OC(C)(C)C)C(=O)OC(C)(C)C. The van der Waals surface area contributed by atoms with Gasteiger partial charge in [-0.3, -0.25) is 9.36 Å². The number of carbonyl (C=O) groups is 3. The Bertz CT molecular complexity index is 1070. The highest BCUT2D eigenvalue weighted by Crippen LogP contribution is 2.57. The van der Waals surface area contributed by atoms with E-state index >= 15 is 0 Å². The molecule has 2 unspecified atom stereocenters. The maximum atomic E-state index is 13.1. The van der Waals surface area contributed by atoms with E-state index in [9.17, 15) is 14.4 Å². The number of hydrogen-bond donors (Lipinski definition) is 0. The van der Waals surface area contributed by atoms with E-state index in [2.05, 4.69) is 9.97 Å². The second kappa shape index (κ2) is 10.9. The minimum atomic E-state index is -0.862. The molecule has 10 heteroatoms. The van der Waals surface area contributed by atoms with E-state index in [1.807, 2.05) is 24.4 Å². The second-order valence-electron chi connectivity index (χ2n) is 11.2. The van der Waals surface area contributed by atoms with Crippen LogP contribution < -0.4 is 0 Å². The Labute approximate surface area is 218 Å². The van der Waals surface area contributed by atoms with Crippen LogP contribution >= 0.6 is 0 Å². The molecule has 0 saturated heterocycles. The Balaban J connectivity index is 1.73. The van der Waals surface area contributed by atoms with E-state index < -0.39 is 28.8 Å². The summed E-state index contributed by atoms with van der Waals surface area (Å²) in [6, 6.07) is 5.56. The van der Waals surface area contributed by atoms with Crippen LogP contribution in [0.4, 0.5) is 9.59 Å². The van der Waals surface area contributed by atoms with Gasteiger partial charge in [0.05, 0.1) is 12.3 Å². The minimum absolute atomic E-state index is 0.0437. The number of esters is 1. The third-order valence-corrected chi connectivity index (χ3v) is 5.86. The van der Waals surface area contributed by atoms with E-state index in [0.717, 1.165) is 4.90 Å². The Morgan fingerprint density at radius 2 is 1.70 bits per heavy atom. The fourth-order valence-corrected chi connectivity index (χ4v) is 4.18.